The fourth-order valence-corrected chi connectivity index (χ4v) is 3.07. The van der Waals surface area contributed by atoms with Gasteiger partial charge in [0.2, 0.25) is 0 Å². The summed E-state index contributed by atoms with van der Waals surface area (Å²) in [5.41, 5.74) is 9.06. The van der Waals surface area contributed by atoms with Crippen molar-refractivity contribution in [2.75, 3.05) is 5.73 Å². The number of benzene rings is 1. The van der Waals surface area contributed by atoms with Crippen molar-refractivity contribution in [1.82, 2.24) is 9.38 Å². The summed E-state index contributed by atoms with van der Waals surface area (Å²) in [4.78, 5) is 17.7. The number of hydrogen-bond acceptors (Lipinski definition) is 4. The third-order valence-corrected chi connectivity index (χ3v) is 4.41. The van der Waals surface area contributed by atoms with Crippen LogP contribution in [0.4, 0.5) is 5.69 Å². The zero-order valence-corrected chi connectivity index (χ0v) is 12.4. The van der Waals surface area contributed by atoms with Crippen LogP contribution in [0.25, 0.3) is 5.65 Å². The number of aryl methyl sites for hydroxylation is 1. The lowest BCUT2D eigenvalue weighted by Crippen LogP contribution is -2.14. The molecule has 1 aromatic carbocycles. The second-order valence-electron chi connectivity index (χ2n) is 4.83. The van der Waals surface area contributed by atoms with Crippen LogP contribution in [-0.4, -0.2) is 9.38 Å². The van der Waals surface area contributed by atoms with Gasteiger partial charge in [-0.3, -0.25) is 9.20 Å². The molecule has 0 aliphatic carbocycles. The minimum absolute atomic E-state index is 0.0507. The van der Waals surface area contributed by atoms with Crippen LogP contribution in [0.1, 0.15) is 11.3 Å². The Bertz CT molecular complexity index is 858. The lowest BCUT2D eigenvalue weighted by molar-refractivity contribution is 1.01. The topological polar surface area (TPSA) is 60.4 Å². The molecule has 5 heteroatoms. The fraction of sp³-hybridized carbons (Fsp3) is 0.125. The van der Waals surface area contributed by atoms with Gasteiger partial charge in [0.15, 0.2) is 0 Å². The molecule has 106 valence electrons. The Morgan fingerprint density at radius 1 is 1.24 bits per heavy atom. The number of aromatic nitrogens is 2. The number of thioether (sulfide) groups is 1. The van der Waals surface area contributed by atoms with Gasteiger partial charge in [0, 0.05) is 28.6 Å². The molecule has 3 aromatic rings. The lowest BCUT2D eigenvalue weighted by atomic mass is 10.2. The van der Waals surface area contributed by atoms with Gasteiger partial charge < -0.3 is 5.73 Å². The summed E-state index contributed by atoms with van der Waals surface area (Å²) < 4.78 is 1.54. The highest BCUT2D eigenvalue weighted by molar-refractivity contribution is 7.98. The average Bonchev–Trinajstić information content (AvgIpc) is 2.46. The molecule has 0 aliphatic heterocycles. The monoisotopic (exact) mass is 297 g/mol. The molecule has 2 N–H and O–H groups in total. The minimum atomic E-state index is -0.0507. The van der Waals surface area contributed by atoms with Gasteiger partial charge in [-0.25, -0.2) is 4.98 Å². The van der Waals surface area contributed by atoms with E-state index in [-0.39, 0.29) is 5.56 Å². The SMILES string of the molecule is Cc1cc(N)ccc1SCc1cc(=O)n2ccccc2n1. The zero-order chi connectivity index (χ0) is 14.8. The molecule has 0 spiro atoms. The maximum atomic E-state index is 12.0. The van der Waals surface area contributed by atoms with Crippen molar-refractivity contribution < 1.29 is 0 Å². The van der Waals surface area contributed by atoms with E-state index >= 15 is 0 Å². The molecule has 0 fully saturated rings. The normalized spacial score (nSPS) is 10.9. The Morgan fingerprint density at radius 2 is 2.10 bits per heavy atom. The molecule has 2 aromatic heterocycles. The predicted molar refractivity (Wildman–Crippen MR) is 86.6 cm³/mol. The number of anilines is 1. The molecule has 2 heterocycles. The largest absolute Gasteiger partial charge is 0.399 e. The van der Waals surface area contributed by atoms with Crippen molar-refractivity contribution >= 4 is 23.1 Å². The van der Waals surface area contributed by atoms with Crippen molar-refractivity contribution in [1.29, 1.82) is 0 Å². The second-order valence-corrected chi connectivity index (χ2v) is 5.85. The van der Waals surface area contributed by atoms with Crippen LogP contribution in [0, 0.1) is 6.92 Å². The Kier molecular flexibility index (Phi) is 3.66. The number of hydrogen-bond donors (Lipinski definition) is 1. The van der Waals surface area contributed by atoms with E-state index in [4.69, 9.17) is 5.73 Å². The van der Waals surface area contributed by atoms with Crippen molar-refractivity contribution in [3.05, 3.63) is 70.3 Å². The van der Waals surface area contributed by atoms with Gasteiger partial charge in [0.05, 0.1) is 5.69 Å². The molecular weight excluding hydrogens is 282 g/mol. The van der Waals surface area contributed by atoms with Crippen LogP contribution < -0.4 is 11.3 Å². The van der Waals surface area contributed by atoms with Gasteiger partial charge >= 0.3 is 0 Å². The van der Waals surface area contributed by atoms with E-state index in [1.807, 2.05) is 43.3 Å². The van der Waals surface area contributed by atoms with E-state index in [0.29, 0.717) is 11.4 Å². The van der Waals surface area contributed by atoms with E-state index in [1.165, 1.54) is 0 Å². The molecule has 0 bridgehead atoms. The Balaban J connectivity index is 1.87. The number of rotatable bonds is 3. The first-order valence-electron chi connectivity index (χ1n) is 6.60. The lowest BCUT2D eigenvalue weighted by Gasteiger charge is -2.07. The number of nitrogens with zero attached hydrogens (tertiary/aromatic N) is 2. The number of nitrogen functional groups attached to an aromatic ring is 1. The van der Waals surface area contributed by atoms with Crippen LogP contribution in [-0.2, 0) is 5.75 Å². The average molecular weight is 297 g/mol. The molecular formula is C16H15N3OS. The molecule has 0 saturated carbocycles. The van der Waals surface area contributed by atoms with Crippen LogP contribution in [0.15, 0.2) is 58.4 Å². The molecule has 21 heavy (non-hydrogen) atoms. The predicted octanol–water partition coefficient (Wildman–Crippen LogP) is 2.88. The van der Waals surface area contributed by atoms with Gasteiger partial charge in [0.1, 0.15) is 5.65 Å². The minimum Gasteiger partial charge on any atom is -0.399 e. The number of fused-ring (bicyclic) bond motifs is 1. The highest BCUT2D eigenvalue weighted by Gasteiger charge is 2.04. The number of pyridine rings is 1. The highest BCUT2D eigenvalue weighted by atomic mass is 32.2. The maximum Gasteiger partial charge on any atom is 0.258 e. The van der Waals surface area contributed by atoms with E-state index < -0.39 is 0 Å². The molecule has 0 atom stereocenters. The summed E-state index contributed by atoms with van der Waals surface area (Å²) in [7, 11) is 0. The van der Waals surface area contributed by atoms with Gasteiger partial charge in [-0.1, -0.05) is 6.07 Å². The fourth-order valence-electron chi connectivity index (χ4n) is 2.16. The smallest absolute Gasteiger partial charge is 0.258 e. The number of nitrogens with two attached hydrogens (primary N) is 1. The first-order valence-corrected chi connectivity index (χ1v) is 7.58. The quantitative estimate of drug-likeness (QED) is 0.596. The van der Waals surface area contributed by atoms with Gasteiger partial charge in [-0.2, -0.15) is 0 Å². The van der Waals surface area contributed by atoms with Crippen LogP contribution in [0.2, 0.25) is 0 Å². The van der Waals surface area contributed by atoms with Crippen molar-refractivity contribution in [3.63, 3.8) is 0 Å². The van der Waals surface area contributed by atoms with E-state index in [2.05, 4.69) is 4.98 Å². The van der Waals surface area contributed by atoms with Crippen LogP contribution >= 0.6 is 11.8 Å². The van der Waals surface area contributed by atoms with Gasteiger partial charge in [-0.15, -0.1) is 11.8 Å². The van der Waals surface area contributed by atoms with Crippen LogP contribution in [0.5, 0.6) is 0 Å². The van der Waals surface area contributed by atoms with Crippen molar-refractivity contribution in [2.24, 2.45) is 0 Å². The third-order valence-electron chi connectivity index (χ3n) is 3.20. The Hall–Kier alpha value is -2.27. The first kappa shape index (κ1) is 13.7. The van der Waals surface area contributed by atoms with E-state index in [0.717, 1.165) is 21.8 Å². The van der Waals surface area contributed by atoms with Gasteiger partial charge in [-0.05, 0) is 42.8 Å². The molecule has 0 saturated heterocycles. The summed E-state index contributed by atoms with van der Waals surface area (Å²) in [5.74, 6) is 0.658. The zero-order valence-electron chi connectivity index (χ0n) is 11.6. The van der Waals surface area contributed by atoms with E-state index in [1.54, 1.807) is 28.4 Å². The maximum absolute atomic E-state index is 12.0. The van der Waals surface area contributed by atoms with Crippen LogP contribution in [0.3, 0.4) is 0 Å². The molecule has 0 amide bonds. The second kappa shape index (κ2) is 5.61. The third kappa shape index (κ3) is 2.92. The first-order chi connectivity index (χ1) is 10.1. The molecule has 0 aliphatic rings. The summed E-state index contributed by atoms with van der Waals surface area (Å²) in [5, 5.41) is 0. The standard InChI is InChI=1S/C16H15N3OS/c1-11-8-12(17)5-6-14(11)21-10-13-9-16(20)19-7-3-2-4-15(19)18-13/h2-9H,10,17H2,1H3. The van der Waals surface area contributed by atoms with Gasteiger partial charge in [0.25, 0.3) is 5.56 Å². The Morgan fingerprint density at radius 3 is 2.90 bits per heavy atom. The van der Waals surface area contributed by atoms with Crippen molar-refractivity contribution in [3.8, 4) is 0 Å². The summed E-state index contributed by atoms with van der Waals surface area (Å²) in [6, 6.07) is 13.0. The summed E-state index contributed by atoms with van der Waals surface area (Å²) >= 11 is 1.66. The summed E-state index contributed by atoms with van der Waals surface area (Å²) in [6.07, 6.45) is 1.73. The van der Waals surface area contributed by atoms with E-state index in [9.17, 15) is 4.79 Å². The Labute approximate surface area is 126 Å². The molecule has 0 radical (unpaired) electrons. The highest BCUT2D eigenvalue weighted by Crippen LogP contribution is 2.26. The molecule has 3 rings (SSSR count). The molecule has 0 unspecified atom stereocenters. The summed E-state index contributed by atoms with van der Waals surface area (Å²) in [6.45, 7) is 2.03. The van der Waals surface area contributed by atoms with Crippen molar-refractivity contribution in [2.45, 2.75) is 17.6 Å². The molecule has 4 nitrogen and oxygen atoms in total.